The van der Waals surface area contributed by atoms with Crippen LogP contribution < -0.4 is 5.32 Å². The smallest absolute Gasteiger partial charge is 0.250 e. The SMILES string of the molecule is O=C1c2ccccc2CC[C@@]12[C@H](c1cccc3ccccc13)C1CCCN1[C@]21C(=O)Nc2ccccc21. The molecule has 0 bridgehead atoms. The predicted molar refractivity (Wildman–Crippen MR) is 145 cm³/mol. The van der Waals surface area contributed by atoms with E-state index in [9.17, 15) is 4.79 Å². The molecule has 4 aliphatic rings. The van der Waals surface area contributed by atoms with Gasteiger partial charge in [-0.15, -0.1) is 0 Å². The van der Waals surface area contributed by atoms with Crippen LogP contribution >= 0.6 is 0 Å². The van der Waals surface area contributed by atoms with E-state index in [0.29, 0.717) is 6.42 Å². The molecule has 4 aromatic carbocycles. The molecular weight excluding hydrogens is 456 g/mol. The summed E-state index contributed by atoms with van der Waals surface area (Å²) in [5.41, 5.74) is 3.01. The molecule has 2 saturated heterocycles. The zero-order valence-electron chi connectivity index (χ0n) is 20.6. The zero-order chi connectivity index (χ0) is 24.8. The summed E-state index contributed by atoms with van der Waals surface area (Å²) in [5.74, 6) is 0.0171. The number of nitrogens with one attached hydrogen (secondary N) is 1. The lowest BCUT2D eigenvalue weighted by Crippen LogP contribution is -2.60. The maximum absolute atomic E-state index is 15.1. The van der Waals surface area contributed by atoms with Crippen molar-refractivity contribution in [3.8, 4) is 0 Å². The Morgan fingerprint density at radius 1 is 0.838 bits per heavy atom. The van der Waals surface area contributed by atoms with Crippen LogP contribution in [0.25, 0.3) is 10.8 Å². The van der Waals surface area contributed by atoms with Gasteiger partial charge in [0.05, 0.1) is 5.41 Å². The largest absolute Gasteiger partial charge is 0.324 e. The van der Waals surface area contributed by atoms with Gasteiger partial charge in [0, 0.05) is 28.8 Å². The number of amides is 1. The van der Waals surface area contributed by atoms with Crippen molar-refractivity contribution in [2.75, 3.05) is 11.9 Å². The first-order valence-corrected chi connectivity index (χ1v) is 13.5. The number of hydrogen-bond donors (Lipinski definition) is 1. The van der Waals surface area contributed by atoms with Crippen molar-refractivity contribution in [3.05, 3.63) is 113 Å². The molecule has 182 valence electrons. The van der Waals surface area contributed by atoms with Crippen molar-refractivity contribution in [3.63, 3.8) is 0 Å². The van der Waals surface area contributed by atoms with Gasteiger partial charge in [0.15, 0.2) is 5.78 Å². The number of aryl methyl sites for hydroxylation is 1. The molecule has 2 spiro atoms. The third-order valence-corrected chi connectivity index (χ3v) is 9.80. The lowest BCUT2D eigenvalue weighted by Gasteiger charge is -2.49. The number of Topliss-reactive ketones (excluding diaryl/α,β-unsaturated/α-hetero) is 1. The van der Waals surface area contributed by atoms with Crippen LogP contribution in [-0.4, -0.2) is 29.2 Å². The molecule has 0 aromatic heterocycles. The number of rotatable bonds is 1. The van der Waals surface area contributed by atoms with Crippen LogP contribution in [0, 0.1) is 5.41 Å². The highest BCUT2D eigenvalue weighted by atomic mass is 16.2. The van der Waals surface area contributed by atoms with E-state index >= 15 is 4.79 Å². The molecule has 4 heteroatoms. The molecule has 4 nitrogen and oxygen atoms in total. The van der Waals surface area contributed by atoms with Crippen LogP contribution in [0.4, 0.5) is 5.69 Å². The third-order valence-electron chi connectivity index (χ3n) is 9.80. The lowest BCUT2D eigenvalue weighted by atomic mass is 9.52. The summed E-state index contributed by atoms with van der Waals surface area (Å²) in [6.07, 6.45) is 3.47. The lowest BCUT2D eigenvalue weighted by molar-refractivity contribution is -0.131. The van der Waals surface area contributed by atoms with Gasteiger partial charge < -0.3 is 5.32 Å². The molecule has 1 N–H and O–H groups in total. The maximum atomic E-state index is 15.1. The zero-order valence-corrected chi connectivity index (χ0v) is 20.6. The number of anilines is 1. The quantitative estimate of drug-likeness (QED) is 0.357. The van der Waals surface area contributed by atoms with Crippen molar-refractivity contribution in [1.82, 2.24) is 4.90 Å². The van der Waals surface area contributed by atoms with E-state index in [-0.39, 0.29) is 23.7 Å². The van der Waals surface area contributed by atoms with Crippen LogP contribution in [-0.2, 0) is 16.8 Å². The Balaban J connectivity index is 1.50. The Morgan fingerprint density at radius 2 is 1.62 bits per heavy atom. The second kappa shape index (κ2) is 7.39. The number of benzene rings is 4. The van der Waals surface area contributed by atoms with Crippen LogP contribution in [0.1, 0.15) is 52.2 Å². The summed E-state index contributed by atoms with van der Waals surface area (Å²) in [6.45, 7) is 0.824. The van der Waals surface area contributed by atoms with E-state index in [1.165, 1.54) is 16.3 Å². The molecule has 4 aromatic rings. The monoisotopic (exact) mass is 484 g/mol. The Bertz CT molecular complexity index is 1620. The van der Waals surface area contributed by atoms with Gasteiger partial charge in [-0.1, -0.05) is 84.9 Å². The molecule has 0 saturated carbocycles. The predicted octanol–water partition coefficient (Wildman–Crippen LogP) is 6.06. The topological polar surface area (TPSA) is 49.4 Å². The number of para-hydroxylation sites is 1. The standard InChI is InChI=1S/C33H28N2O2/c36-30-24-13-4-2-10-22(24)18-19-32(30)29(25-14-7-11-21-9-1-3-12-23(21)25)28-17-8-20-35(28)33(32)26-15-5-6-16-27(26)34-31(33)37/h1-7,9-16,28-29H,8,17-20H2,(H,34,37)/t28?,29-,32-,33-/m1/s1. The highest BCUT2D eigenvalue weighted by Crippen LogP contribution is 2.70. The summed E-state index contributed by atoms with van der Waals surface area (Å²) in [6, 6.07) is 31.2. The minimum atomic E-state index is -1.02. The molecule has 8 rings (SSSR count). The fraction of sp³-hybridized carbons (Fsp3) is 0.273. The first kappa shape index (κ1) is 21.3. The number of carbonyl (C=O) groups excluding carboxylic acids is 2. The van der Waals surface area contributed by atoms with Gasteiger partial charge in [0.1, 0.15) is 5.54 Å². The summed E-state index contributed by atoms with van der Waals surface area (Å²) in [4.78, 5) is 32.0. The van der Waals surface area contributed by atoms with Crippen LogP contribution in [0.2, 0.25) is 0 Å². The Hall–Kier alpha value is -3.76. The molecule has 3 aliphatic heterocycles. The van der Waals surface area contributed by atoms with Gasteiger partial charge in [-0.05, 0) is 60.2 Å². The second-order valence-electron chi connectivity index (χ2n) is 11.1. The highest BCUT2D eigenvalue weighted by Gasteiger charge is 2.77. The van der Waals surface area contributed by atoms with Crippen molar-refractivity contribution >= 4 is 28.2 Å². The van der Waals surface area contributed by atoms with Gasteiger partial charge in [0.2, 0.25) is 0 Å². The van der Waals surface area contributed by atoms with Gasteiger partial charge in [-0.25, -0.2) is 0 Å². The minimum absolute atomic E-state index is 0.0314. The maximum Gasteiger partial charge on any atom is 0.250 e. The Kier molecular flexibility index (Phi) is 4.26. The first-order chi connectivity index (χ1) is 18.2. The molecule has 1 unspecified atom stereocenters. The fourth-order valence-electron chi connectivity index (χ4n) is 8.62. The summed E-state index contributed by atoms with van der Waals surface area (Å²) in [7, 11) is 0. The van der Waals surface area contributed by atoms with E-state index in [4.69, 9.17) is 0 Å². The van der Waals surface area contributed by atoms with E-state index in [0.717, 1.165) is 48.2 Å². The minimum Gasteiger partial charge on any atom is -0.324 e. The number of hydrogen-bond acceptors (Lipinski definition) is 3. The van der Waals surface area contributed by atoms with E-state index in [2.05, 4.69) is 64.8 Å². The van der Waals surface area contributed by atoms with Crippen LogP contribution in [0.15, 0.2) is 91.0 Å². The summed E-state index contributed by atoms with van der Waals surface area (Å²) >= 11 is 0. The summed E-state index contributed by atoms with van der Waals surface area (Å²) < 4.78 is 0. The highest BCUT2D eigenvalue weighted by molar-refractivity contribution is 6.15. The number of carbonyl (C=O) groups is 2. The normalized spacial score (nSPS) is 30.1. The molecule has 2 fully saturated rings. The number of nitrogens with zero attached hydrogens (tertiary/aromatic N) is 1. The van der Waals surface area contributed by atoms with Gasteiger partial charge in [-0.2, -0.15) is 0 Å². The van der Waals surface area contributed by atoms with E-state index in [1.807, 2.05) is 36.4 Å². The molecule has 1 aliphatic carbocycles. The molecule has 3 heterocycles. The van der Waals surface area contributed by atoms with Gasteiger partial charge >= 0.3 is 0 Å². The molecule has 37 heavy (non-hydrogen) atoms. The molecule has 4 atom stereocenters. The van der Waals surface area contributed by atoms with E-state index < -0.39 is 11.0 Å². The Morgan fingerprint density at radius 3 is 2.57 bits per heavy atom. The third kappa shape index (κ3) is 2.43. The van der Waals surface area contributed by atoms with Crippen LogP contribution in [0.3, 0.4) is 0 Å². The average molecular weight is 485 g/mol. The van der Waals surface area contributed by atoms with Gasteiger partial charge in [-0.3, -0.25) is 14.5 Å². The van der Waals surface area contributed by atoms with Crippen molar-refractivity contribution in [2.45, 2.75) is 43.2 Å². The average Bonchev–Trinajstić information content (AvgIpc) is 3.59. The molecule has 1 amide bonds. The van der Waals surface area contributed by atoms with Gasteiger partial charge in [0.25, 0.3) is 5.91 Å². The second-order valence-corrected chi connectivity index (χ2v) is 11.1. The number of fused-ring (bicyclic) bond motifs is 7. The van der Waals surface area contributed by atoms with Crippen molar-refractivity contribution in [2.24, 2.45) is 5.41 Å². The summed E-state index contributed by atoms with van der Waals surface area (Å²) in [5, 5.41) is 5.61. The fourth-order valence-corrected chi connectivity index (χ4v) is 8.62. The first-order valence-electron chi connectivity index (χ1n) is 13.5. The van der Waals surface area contributed by atoms with Crippen molar-refractivity contribution < 1.29 is 9.59 Å². The number of ketones is 1. The van der Waals surface area contributed by atoms with Crippen molar-refractivity contribution in [1.29, 1.82) is 0 Å². The Labute approximate surface area is 216 Å². The van der Waals surface area contributed by atoms with E-state index in [1.54, 1.807) is 0 Å². The molecular formula is C33H28N2O2. The van der Waals surface area contributed by atoms with Crippen LogP contribution in [0.5, 0.6) is 0 Å². The molecule has 0 radical (unpaired) electrons.